The molecule has 1 aliphatic heterocycles. The molecule has 0 aliphatic carbocycles. The number of benzene rings is 1. The van der Waals surface area contributed by atoms with Crippen molar-refractivity contribution in [2.45, 2.75) is 12.5 Å². The first kappa shape index (κ1) is 17.7. The van der Waals surface area contributed by atoms with Crippen LogP contribution >= 0.6 is 11.6 Å². The molecular formula is C19H22ClN7. The largest absolute Gasteiger partial charge is 0.363 e. The summed E-state index contributed by atoms with van der Waals surface area (Å²) in [7, 11) is 6.05. The number of rotatable bonds is 4. The van der Waals surface area contributed by atoms with Crippen LogP contribution in [0.4, 0.5) is 17.5 Å². The first-order chi connectivity index (χ1) is 13.0. The van der Waals surface area contributed by atoms with Gasteiger partial charge in [-0.2, -0.15) is 0 Å². The lowest BCUT2D eigenvalue weighted by atomic mass is 10.2. The van der Waals surface area contributed by atoms with E-state index in [-0.39, 0.29) is 0 Å². The number of hydrogen-bond donors (Lipinski definition) is 0. The maximum atomic E-state index is 6.03. The molecule has 140 valence electrons. The maximum Gasteiger partial charge on any atom is 0.147 e. The lowest BCUT2D eigenvalue weighted by Gasteiger charge is -2.26. The van der Waals surface area contributed by atoms with Crippen LogP contribution in [0.15, 0.2) is 36.8 Å². The Morgan fingerprint density at radius 2 is 1.85 bits per heavy atom. The fourth-order valence-electron chi connectivity index (χ4n) is 3.35. The van der Waals surface area contributed by atoms with Crippen LogP contribution in [-0.2, 0) is 0 Å². The zero-order valence-electron chi connectivity index (χ0n) is 15.7. The summed E-state index contributed by atoms with van der Waals surface area (Å²) in [6.07, 6.45) is 4.49. The SMILES string of the molecule is CN(C)c1cc(N(C)C2CCN(c3cnc4cc(Cl)ccc4n3)C2)ncn1. The number of halogens is 1. The summed E-state index contributed by atoms with van der Waals surface area (Å²) in [5, 5.41) is 0.675. The first-order valence-electron chi connectivity index (χ1n) is 8.91. The highest BCUT2D eigenvalue weighted by Gasteiger charge is 2.28. The average Bonchev–Trinajstić information content (AvgIpc) is 3.17. The van der Waals surface area contributed by atoms with E-state index >= 15 is 0 Å². The van der Waals surface area contributed by atoms with Crippen LogP contribution in [0.3, 0.4) is 0 Å². The lowest BCUT2D eigenvalue weighted by molar-refractivity contribution is 0.683. The number of likely N-dealkylation sites (N-methyl/N-ethyl adjacent to an activating group) is 1. The Morgan fingerprint density at radius 3 is 2.67 bits per heavy atom. The number of fused-ring (bicyclic) bond motifs is 1. The van der Waals surface area contributed by atoms with Crippen molar-refractivity contribution in [3.63, 3.8) is 0 Å². The molecule has 0 amide bonds. The van der Waals surface area contributed by atoms with Crippen LogP contribution < -0.4 is 14.7 Å². The zero-order chi connectivity index (χ0) is 19.0. The minimum absolute atomic E-state index is 0.359. The van der Waals surface area contributed by atoms with Crippen molar-refractivity contribution in [3.05, 3.63) is 41.8 Å². The molecule has 0 bridgehead atoms. The summed E-state index contributed by atoms with van der Waals surface area (Å²) in [5.41, 5.74) is 1.68. The summed E-state index contributed by atoms with van der Waals surface area (Å²) in [6, 6.07) is 7.98. The van der Waals surface area contributed by atoms with Gasteiger partial charge >= 0.3 is 0 Å². The number of hydrogen-bond acceptors (Lipinski definition) is 7. The molecule has 1 atom stereocenters. The van der Waals surface area contributed by atoms with Crippen LogP contribution in [-0.4, -0.2) is 60.2 Å². The van der Waals surface area contributed by atoms with Gasteiger partial charge in [-0.05, 0) is 24.6 Å². The topological polar surface area (TPSA) is 61.3 Å². The van der Waals surface area contributed by atoms with Gasteiger partial charge in [0.25, 0.3) is 0 Å². The fraction of sp³-hybridized carbons (Fsp3) is 0.368. The van der Waals surface area contributed by atoms with Crippen molar-refractivity contribution < 1.29 is 0 Å². The molecule has 4 rings (SSSR count). The third kappa shape index (κ3) is 3.60. The second kappa shape index (κ2) is 7.15. The van der Waals surface area contributed by atoms with Gasteiger partial charge in [0, 0.05) is 51.4 Å². The molecule has 3 heterocycles. The van der Waals surface area contributed by atoms with Gasteiger partial charge in [0.15, 0.2) is 0 Å². The second-order valence-electron chi connectivity index (χ2n) is 6.99. The minimum atomic E-state index is 0.359. The fourth-order valence-corrected chi connectivity index (χ4v) is 3.52. The minimum Gasteiger partial charge on any atom is -0.363 e. The van der Waals surface area contributed by atoms with Gasteiger partial charge in [-0.15, -0.1) is 0 Å². The molecule has 1 fully saturated rings. The average molecular weight is 384 g/mol. The van der Waals surface area contributed by atoms with E-state index in [4.69, 9.17) is 16.6 Å². The van der Waals surface area contributed by atoms with Crippen molar-refractivity contribution in [1.82, 2.24) is 19.9 Å². The molecule has 1 aliphatic rings. The number of nitrogens with zero attached hydrogens (tertiary/aromatic N) is 7. The third-order valence-corrected chi connectivity index (χ3v) is 5.22. The molecule has 0 spiro atoms. The number of aromatic nitrogens is 4. The summed E-state index contributed by atoms with van der Waals surface area (Å²) < 4.78 is 0. The van der Waals surface area contributed by atoms with Crippen molar-refractivity contribution in [2.75, 3.05) is 48.9 Å². The number of anilines is 3. The molecule has 8 heteroatoms. The van der Waals surface area contributed by atoms with Crippen LogP contribution in [0.1, 0.15) is 6.42 Å². The first-order valence-corrected chi connectivity index (χ1v) is 9.28. The predicted molar refractivity (Wildman–Crippen MR) is 110 cm³/mol. The molecule has 2 aromatic heterocycles. The van der Waals surface area contributed by atoms with Crippen LogP contribution in [0.2, 0.25) is 5.02 Å². The second-order valence-corrected chi connectivity index (χ2v) is 7.43. The van der Waals surface area contributed by atoms with Crippen LogP contribution in [0.25, 0.3) is 11.0 Å². The Balaban J connectivity index is 1.51. The molecule has 0 saturated carbocycles. The van der Waals surface area contributed by atoms with Gasteiger partial charge in [0.05, 0.1) is 17.2 Å². The van der Waals surface area contributed by atoms with E-state index in [2.05, 4.69) is 31.8 Å². The zero-order valence-corrected chi connectivity index (χ0v) is 16.4. The van der Waals surface area contributed by atoms with Gasteiger partial charge in [-0.3, -0.25) is 4.98 Å². The molecule has 3 aromatic rings. The maximum absolute atomic E-state index is 6.03. The van der Waals surface area contributed by atoms with Gasteiger partial charge in [0.2, 0.25) is 0 Å². The Labute approximate surface area is 163 Å². The van der Waals surface area contributed by atoms with E-state index in [0.29, 0.717) is 11.1 Å². The highest BCUT2D eigenvalue weighted by molar-refractivity contribution is 6.31. The Bertz CT molecular complexity index is 962. The standard InChI is InChI=1S/C19H22ClN7/c1-25(2)17-9-18(23-12-22-17)26(3)14-6-7-27(11-14)19-10-21-16-8-13(20)4-5-15(16)24-19/h4-5,8-10,12,14H,6-7,11H2,1-3H3. The molecule has 0 N–H and O–H groups in total. The highest BCUT2D eigenvalue weighted by atomic mass is 35.5. The Hall–Kier alpha value is -2.67. The molecule has 27 heavy (non-hydrogen) atoms. The quantitative estimate of drug-likeness (QED) is 0.686. The summed E-state index contributed by atoms with van der Waals surface area (Å²) in [4.78, 5) is 24.5. The highest BCUT2D eigenvalue weighted by Crippen LogP contribution is 2.26. The van der Waals surface area contributed by atoms with E-state index in [1.807, 2.05) is 49.5 Å². The lowest BCUT2D eigenvalue weighted by Crippen LogP contribution is -2.35. The molecule has 1 aromatic carbocycles. The molecule has 1 saturated heterocycles. The van der Waals surface area contributed by atoms with Crippen molar-refractivity contribution in [1.29, 1.82) is 0 Å². The molecule has 7 nitrogen and oxygen atoms in total. The monoisotopic (exact) mass is 383 g/mol. The van der Waals surface area contributed by atoms with Gasteiger partial charge < -0.3 is 14.7 Å². The van der Waals surface area contributed by atoms with Crippen molar-refractivity contribution in [2.24, 2.45) is 0 Å². The van der Waals surface area contributed by atoms with E-state index in [1.165, 1.54) is 0 Å². The third-order valence-electron chi connectivity index (χ3n) is 4.98. The molecule has 0 radical (unpaired) electrons. The summed E-state index contributed by atoms with van der Waals surface area (Å²) in [5.74, 6) is 2.73. The van der Waals surface area contributed by atoms with Gasteiger partial charge in [0.1, 0.15) is 23.8 Å². The Kier molecular flexibility index (Phi) is 4.70. The van der Waals surface area contributed by atoms with E-state index in [0.717, 1.165) is 48.0 Å². The van der Waals surface area contributed by atoms with E-state index in [1.54, 1.807) is 6.33 Å². The van der Waals surface area contributed by atoms with E-state index < -0.39 is 0 Å². The molecular weight excluding hydrogens is 362 g/mol. The van der Waals surface area contributed by atoms with Crippen molar-refractivity contribution in [3.8, 4) is 0 Å². The van der Waals surface area contributed by atoms with Gasteiger partial charge in [-0.25, -0.2) is 15.0 Å². The summed E-state index contributed by atoms with van der Waals surface area (Å²) in [6.45, 7) is 1.82. The van der Waals surface area contributed by atoms with Crippen LogP contribution in [0, 0.1) is 0 Å². The van der Waals surface area contributed by atoms with Crippen molar-refractivity contribution >= 4 is 40.1 Å². The van der Waals surface area contributed by atoms with Crippen LogP contribution in [0.5, 0.6) is 0 Å². The summed E-state index contributed by atoms with van der Waals surface area (Å²) >= 11 is 6.03. The van der Waals surface area contributed by atoms with E-state index in [9.17, 15) is 0 Å². The normalized spacial score (nSPS) is 16.7. The van der Waals surface area contributed by atoms with Gasteiger partial charge in [-0.1, -0.05) is 11.6 Å². The Morgan fingerprint density at radius 1 is 1.04 bits per heavy atom. The predicted octanol–water partition coefficient (Wildman–Crippen LogP) is 2.85. The molecule has 1 unspecified atom stereocenters. The smallest absolute Gasteiger partial charge is 0.147 e.